The fraction of sp³-hybridized carbons (Fsp3) is 0.231. The first-order chi connectivity index (χ1) is 40.4. The molecule has 4 aliphatic carbocycles. The number of benzene rings is 10. The standard InChI is InChI=1S/C78H67N3O3/c1-43(2)50-19-15-20-51(44(3)4)73(50)80-74(82)62-36-35-60-59-22-16-21-58-52(33-34-61(70(58)59)63-39-45(5)69(75(80)83)72(62)71(60)63)57-31-27-47(40-68(57)79-84)46-25-28-48(29-26-46)81(49-30-32-55-53-17-11-13-23-64(53)76(6,7)66(55)41-49)78(10)38-37-56-54-18-12-14-24-65(54)77(8,9)67(56)42-78/h11-41,43-45,69H,42H2,1-10H3. The van der Waals surface area contributed by atoms with Gasteiger partial charge in [-0.05, 0) is 188 Å². The summed E-state index contributed by atoms with van der Waals surface area (Å²) in [5, 5.41) is 10.9. The van der Waals surface area contributed by atoms with Crippen molar-refractivity contribution in [3.8, 4) is 33.4 Å². The quantitative estimate of drug-likeness (QED) is 0.0625. The average Bonchev–Trinajstić information content (AvgIpc) is 1.38. The average molecular weight is 1090 g/mol. The molecule has 2 amide bonds. The van der Waals surface area contributed by atoms with Crippen LogP contribution in [0, 0.1) is 10.8 Å². The van der Waals surface area contributed by atoms with Crippen molar-refractivity contribution in [3.63, 3.8) is 0 Å². The molecule has 0 saturated carbocycles. The van der Waals surface area contributed by atoms with Gasteiger partial charge in [0.2, 0.25) is 5.91 Å². The number of rotatable bonds is 9. The molecule has 6 nitrogen and oxygen atoms in total. The molecule has 0 bridgehead atoms. The van der Waals surface area contributed by atoms with Gasteiger partial charge in [0.1, 0.15) is 5.69 Å². The zero-order valence-corrected chi connectivity index (χ0v) is 49.5. The summed E-state index contributed by atoms with van der Waals surface area (Å²) in [6, 6.07) is 60.6. The highest BCUT2D eigenvalue weighted by Gasteiger charge is 2.48. The molecular formula is C78H67N3O3. The summed E-state index contributed by atoms with van der Waals surface area (Å²) in [5.74, 6) is -0.910. The maximum absolute atomic E-state index is 15.2. The molecule has 3 unspecified atom stereocenters. The predicted molar refractivity (Wildman–Crippen MR) is 348 cm³/mol. The second-order valence-corrected chi connectivity index (χ2v) is 26.4. The highest BCUT2D eigenvalue weighted by atomic mass is 16.3. The molecule has 3 atom stereocenters. The number of para-hydroxylation sites is 1. The van der Waals surface area contributed by atoms with Crippen LogP contribution in [0.4, 0.5) is 22.7 Å². The van der Waals surface area contributed by atoms with Crippen LogP contribution >= 0.6 is 0 Å². The molecule has 0 fully saturated rings. The maximum Gasteiger partial charge on any atom is 0.265 e. The van der Waals surface area contributed by atoms with Gasteiger partial charge in [-0.1, -0.05) is 214 Å². The second kappa shape index (κ2) is 18.2. The summed E-state index contributed by atoms with van der Waals surface area (Å²) < 4.78 is 0. The van der Waals surface area contributed by atoms with Crippen LogP contribution in [-0.2, 0) is 15.6 Å². The van der Waals surface area contributed by atoms with Gasteiger partial charge in [0, 0.05) is 33.3 Å². The lowest BCUT2D eigenvalue weighted by Gasteiger charge is -2.45. The highest BCUT2D eigenvalue weighted by molar-refractivity contribution is 6.32. The van der Waals surface area contributed by atoms with Gasteiger partial charge < -0.3 is 4.90 Å². The van der Waals surface area contributed by atoms with Gasteiger partial charge >= 0.3 is 0 Å². The lowest BCUT2D eigenvalue weighted by Crippen LogP contribution is -2.48. The summed E-state index contributed by atoms with van der Waals surface area (Å²) >= 11 is 0. The molecule has 84 heavy (non-hydrogen) atoms. The highest BCUT2D eigenvalue weighted by Crippen LogP contribution is 2.56. The number of amides is 2. The van der Waals surface area contributed by atoms with Crippen LogP contribution in [0.15, 0.2) is 193 Å². The van der Waals surface area contributed by atoms with Crippen LogP contribution in [0.25, 0.3) is 77.3 Å². The molecule has 10 aromatic carbocycles. The Morgan fingerprint density at radius 3 is 1.87 bits per heavy atom. The molecule has 0 N–H and O–H groups in total. The lowest BCUT2D eigenvalue weighted by atomic mass is 9.72. The first kappa shape index (κ1) is 51.8. The SMILES string of the molecule is CC(C)c1cccc(C(C)C)c1N1C(=O)c2ccc3c4c2C(C1=O)C(C)C=c4c1ccc(-c2ccc(-c4ccc(N(c5ccc6c(c5)C(C)(C)c5ccccc5-6)C5(C)C=CC6=C(C5)C(C)(C)c5ccccc56)cc4)cc2N=O)c2cccc3c21. The first-order valence-corrected chi connectivity index (χ1v) is 30.0. The van der Waals surface area contributed by atoms with Crippen molar-refractivity contribution in [1.82, 2.24) is 0 Å². The molecule has 0 saturated heterocycles. The number of allylic oxidation sites excluding steroid dienone is 2. The van der Waals surface area contributed by atoms with E-state index in [-0.39, 0.29) is 40.4 Å². The number of imide groups is 1. The third-order valence-corrected chi connectivity index (χ3v) is 20.2. The fourth-order valence-electron chi connectivity index (χ4n) is 16.0. The molecular weight excluding hydrogens is 1030 g/mol. The summed E-state index contributed by atoms with van der Waals surface area (Å²) in [4.78, 5) is 47.5. The predicted octanol–water partition coefficient (Wildman–Crippen LogP) is 19.5. The van der Waals surface area contributed by atoms with Crippen LogP contribution in [-0.4, -0.2) is 17.4 Å². The minimum atomic E-state index is -0.523. The van der Waals surface area contributed by atoms with Crippen LogP contribution in [0.2, 0.25) is 0 Å². The maximum atomic E-state index is 15.2. The molecule has 1 aliphatic heterocycles. The first-order valence-electron chi connectivity index (χ1n) is 30.0. The Bertz CT molecular complexity index is 4680. The third kappa shape index (κ3) is 7.15. The minimum Gasteiger partial charge on any atom is -0.332 e. The molecule has 412 valence electrons. The van der Waals surface area contributed by atoms with Crippen molar-refractivity contribution in [2.75, 3.05) is 9.80 Å². The Morgan fingerprint density at radius 1 is 0.548 bits per heavy atom. The third-order valence-electron chi connectivity index (χ3n) is 20.2. The molecule has 5 aliphatic rings. The van der Waals surface area contributed by atoms with E-state index in [1.807, 2.05) is 24.3 Å². The topological polar surface area (TPSA) is 70.1 Å². The fourth-order valence-corrected chi connectivity index (χ4v) is 16.0. The summed E-state index contributed by atoms with van der Waals surface area (Å²) in [7, 11) is 0. The van der Waals surface area contributed by atoms with E-state index in [0.29, 0.717) is 11.3 Å². The number of fused-ring (bicyclic) bond motifs is 7. The molecule has 15 rings (SSSR count). The van der Waals surface area contributed by atoms with Gasteiger partial charge in [0.25, 0.3) is 5.91 Å². The van der Waals surface area contributed by atoms with Gasteiger partial charge in [0.05, 0.1) is 17.1 Å². The molecule has 0 aromatic heterocycles. The van der Waals surface area contributed by atoms with Crippen molar-refractivity contribution in [2.45, 2.75) is 110 Å². The monoisotopic (exact) mass is 1090 g/mol. The van der Waals surface area contributed by atoms with Crippen LogP contribution in [0.5, 0.6) is 0 Å². The van der Waals surface area contributed by atoms with Crippen LogP contribution < -0.4 is 15.0 Å². The van der Waals surface area contributed by atoms with Gasteiger partial charge in [-0.25, -0.2) is 4.90 Å². The molecule has 0 radical (unpaired) electrons. The zero-order valence-electron chi connectivity index (χ0n) is 49.5. The Morgan fingerprint density at radius 2 is 1.14 bits per heavy atom. The molecule has 1 heterocycles. The Labute approximate surface area is 491 Å². The van der Waals surface area contributed by atoms with Gasteiger partial charge in [-0.2, -0.15) is 0 Å². The summed E-state index contributed by atoms with van der Waals surface area (Å²) in [6.45, 7) is 22.5. The van der Waals surface area contributed by atoms with Crippen molar-refractivity contribution in [3.05, 3.63) is 242 Å². The summed E-state index contributed by atoms with van der Waals surface area (Å²) in [5.41, 5.74) is 20.4. The Hall–Kier alpha value is -9.00. The second-order valence-electron chi connectivity index (χ2n) is 26.4. The van der Waals surface area contributed by atoms with E-state index in [4.69, 9.17) is 0 Å². The van der Waals surface area contributed by atoms with Gasteiger partial charge in [-0.3, -0.25) is 9.59 Å². The Balaban J connectivity index is 0.807. The molecule has 10 aromatic rings. The largest absolute Gasteiger partial charge is 0.332 e. The van der Waals surface area contributed by atoms with E-state index in [9.17, 15) is 4.91 Å². The van der Waals surface area contributed by atoms with Gasteiger partial charge in [-0.15, -0.1) is 4.91 Å². The van der Waals surface area contributed by atoms with E-state index >= 15 is 9.59 Å². The van der Waals surface area contributed by atoms with E-state index in [1.165, 1.54) is 49.4 Å². The van der Waals surface area contributed by atoms with Crippen molar-refractivity contribution in [2.24, 2.45) is 11.1 Å². The number of nitroso groups, excluding NO2 is 1. The van der Waals surface area contributed by atoms with Crippen LogP contribution in [0.3, 0.4) is 0 Å². The lowest BCUT2D eigenvalue weighted by molar-refractivity contribution is -0.120. The van der Waals surface area contributed by atoms with E-state index < -0.39 is 11.5 Å². The van der Waals surface area contributed by atoms with Crippen molar-refractivity contribution in [1.29, 1.82) is 0 Å². The van der Waals surface area contributed by atoms with Crippen LogP contribution in [0.1, 0.15) is 143 Å². The number of hydrogen-bond donors (Lipinski definition) is 0. The number of nitrogens with zero attached hydrogens (tertiary/aromatic N) is 3. The molecule has 6 heteroatoms. The smallest absolute Gasteiger partial charge is 0.265 e. The number of carbonyl (C=O) groups excluding carboxylic acids is 2. The molecule has 0 spiro atoms. The summed E-state index contributed by atoms with van der Waals surface area (Å²) in [6.07, 6.45) is 7.92. The minimum absolute atomic E-state index is 0.114. The van der Waals surface area contributed by atoms with E-state index in [1.54, 1.807) is 0 Å². The van der Waals surface area contributed by atoms with Crippen molar-refractivity contribution >= 4 is 78.5 Å². The van der Waals surface area contributed by atoms with E-state index in [2.05, 4.69) is 243 Å². The van der Waals surface area contributed by atoms with E-state index in [0.717, 1.165) is 100.0 Å². The van der Waals surface area contributed by atoms with Gasteiger partial charge in [0.15, 0.2) is 0 Å². The zero-order chi connectivity index (χ0) is 58.0. The van der Waals surface area contributed by atoms with Crippen molar-refractivity contribution < 1.29 is 9.59 Å². The normalized spacial score (nSPS) is 19.5. The number of anilines is 3. The number of hydrogen-bond acceptors (Lipinski definition) is 5. The number of carbonyl (C=O) groups is 2. The Kier molecular flexibility index (Phi) is 11.3.